The summed E-state index contributed by atoms with van der Waals surface area (Å²) >= 11 is 0. The normalized spacial score (nSPS) is 26.8. The largest absolute Gasteiger partial charge is 0.340 e. The molecule has 1 amide bonds. The highest BCUT2D eigenvalue weighted by Gasteiger charge is 2.45. The predicted molar refractivity (Wildman–Crippen MR) is 73.5 cm³/mol. The van der Waals surface area contributed by atoms with Crippen molar-refractivity contribution in [1.82, 2.24) is 4.90 Å². The molecule has 0 unspecified atom stereocenters. The highest BCUT2D eigenvalue weighted by atomic mass is 32.2. The van der Waals surface area contributed by atoms with Crippen LogP contribution in [0.2, 0.25) is 0 Å². The molecule has 0 aromatic rings. The van der Waals surface area contributed by atoms with Crippen LogP contribution in [0.4, 0.5) is 0 Å². The molecule has 19 heavy (non-hydrogen) atoms. The second-order valence-corrected chi connectivity index (χ2v) is 8.85. The molecule has 3 rings (SSSR count). The lowest BCUT2D eigenvalue weighted by molar-refractivity contribution is -0.141. The Kier molecular flexibility index (Phi) is 3.58. The fraction of sp³-hybridized carbons (Fsp3) is 0.929. The first-order valence-corrected chi connectivity index (χ1v) is 9.21. The van der Waals surface area contributed by atoms with Gasteiger partial charge in [0.05, 0.1) is 10.5 Å². The van der Waals surface area contributed by atoms with E-state index in [1.54, 1.807) is 4.90 Å². The van der Waals surface area contributed by atoms with Crippen LogP contribution in [0.1, 0.15) is 51.4 Å². The molecule has 3 aliphatic rings. The summed E-state index contributed by atoms with van der Waals surface area (Å²) in [4.78, 5) is 13.7. The van der Waals surface area contributed by atoms with Gasteiger partial charge in [-0.15, -0.1) is 0 Å². The third-order valence-electron chi connectivity index (χ3n) is 5.10. The molecule has 4 nitrogen and oxygen atoms in total. The van der Waals surface area contributed by atoms with Gasteiger partial charge in [0.1, 0.15) is 0 Å². The van der Waals surface area contributed by atoms with E-state index in [-0.39, 0.29) is 22.3 Å². The number of amides is 1. The standard InChI is InChI=1S/C14H23NO3S/c16-14(11-5-4-6-11)15-9-13(10-15)19(17,18)12-7-2-1-3-8-12/h11-13H,1-10H2. The molecule has 0 aromatic heterocycles. The van der Waals surface area contributed by atoms with Crippen LogP contribution in [0.3, 0.4) is 0 Å². The van der Waals surface area contributed by atoms with Crippen molar-refractivity contribution in [2.45, 2.75) is 61.9 Å². The molecule has 0 atom stereocenters. The molecule has 5 heteroatoms. The first kappa shape index (κ1) is 13.4. The van der Waals surface area contributed by atoms with Crippen LogP contribution in [0.5, 0.6) is 0 Å². The number of carbonyl (C=O) groups is 1. The summed E-state index contributed by atoms with van der Waals surface area (Å²) in [5, 5.41) is -0.410. The summed E-state index contributed by atoms with van der Waals surface area (Å²) in [7, 11) is -3.00. The van der Waals surface area contributed by atoms with Crippen molar-refractivity contribution in [3.63, 3.8) is 0 Å². The van der Waals surface area contributed by atoms with Crippen molar-refractivity contribution in [2.75, 3.05) is 13.1 Å². The smallest absolute Gasteiger partial charge is 0.225 e. The second kappa shape index (κ2) is 5.08. The van der Waals surface area contributed by atoms with Gasteiger partial charge >= 0.3 is 0 Å². The molecule has 1 heterocycles. The van der Waals surface area contributed by atoms with E-state index in [2.05, 4.69) is 0 Å². The molecular formula is C14H23NO3S. The highest BCUT2D eigenvalue weighted by molar-refractivity contribution is 7.92. The minimum atomic E-state index is -3.00. The Labute approximate surface area is 115 Å². The summed E-state index contributed by atoms with van der Waals surface area (Å²) in [5.74, 6) is 0.389. The van der Waals surface area contributed by atoms with Crippen molar-refractivity contribution >= 4 is 15.7 Å². The minimum Gasteiger partial charge on any atom is -0.340 e. The number of carbonyl (C=O) groups excluding carboxylic acids is 1. The Balaban J connectivity index is 1.55. The van der Waals surface area contributed by atoms with Crippen LogP contribution >= 0.6 is 0 Å². The van der Waals surface area contributed by atoms with Crippen LogP contribution in [0.15, 0.2) is 0 Å². The van der Waals surface area contributed by atoms with Gasteiger partial charge in [-0.25, -0.2) is 8.42 Å². The van der Waals surface area contributed by atoms with E-state index in [9.17, 15) is 13.2 Å². The van der Waals surface area contributed by atoms with Gasteiger partial charge in [-0.05, 0) is 25.7 Å². The summed E-state index contributed by atoms with van der Waals surface area (Å²) in [6.45, 7) is 0.905. The first-order chi connectivity index (χ1) is 9.09. The Morgan fingerprint density at radius 1 is 0.842 bits per heavy atom. The van der Waals surface area contributed by atoms with E-state index in [0.717, 1.165) is 44.9 Å². The molecule has 0 spiro atoms. The molecule has 0 radical (unpaired) electrons. The molecule has 1 saturated heterocycles. The average Bonchev–Trinajstić information content (AvgIpc) is 2.25. The maximum Gasteiger partial charge on any atom is 0.225 e. The lowest BCUT2D eigenvalue weighted by atomic mass is 9.84. The summed E-state index contributed by atoms with van der Waals surface area (Å²) < 4.78 is 24.9. The molecular weight excluding hydrogens is 262 g/mol. The lowest BCUT2D eigenvalue weighted by Crippen LogP contribution is -2.60. The fourth-order valence-corrected chi connectivity index (χ4v) is 5.72. The van der Waals surface area contributed by atoms with Crippen molar-refractivity contribution < 1.29 is 13.2 Å². The number of sulfone groups is 1. The van der Waals surface area contributed by atoms with E-state index < -0.39 is 9.84 Å². The van der Waals surface area contributed by atoms with Crippen LogP contribution in [-0.4, -0.2) is 42.8 Å². The van der Waals surface area contributed by atoms with Gasteiger partial charge in [-0.1, -0.05) is 25.7 Å². The zero-order valence-electron chi connectivity index (χ0n) is 11.4. The van der Waals surface area contributed by atoms with E-state index in [0.29, 0.717) is 13.1 Å². The van der Waals surface area contributed by atoms with Gasteiger partial charge < -0.3 is 4.90 Å². The van der Waals surface area contributed by atoms with Crippen molar-refractivity contribution in [3.8, 4) is 0 Å². The summed E-state index contributed by atoms with van der Waals surface area (Å²) in [6.07, 6.45) is 8.05. The van der Waals surface area contributed by atoms with Gasteiger partial charge in [0.15, 0.2) is 9.84 Å². The van der Waals surface area contributed by atoms with E-state index in [4.69, 9.17) is 0 Å². The van der Waals surface area contributed by atoms with Crippen LogP contribution in [0, 0.1) is 5.92 Å². The monoisotopic (exact) mass is 285 g/mol. The topological polar surface area (TPSA) is 54.5 Å². The highest BCUT2D eigenvalue weighted by Crippen LogP contribution is 2.33. The predicted octanol–water partition coefficient (Wildman–Crippen LogP) is 1.74. The number of hydrogen-bond acceptors (Lipinski definition) is 3. The minimum absolute atomic E-state index is 0.132. The maximum atomic E-state index is 12.5. The average molecular weight is 285 g/mol. The molecule has 108 valence electrons. The molecule has 3 fully saturated rings. The molecule has 2 saturated carbocycles. The lowest BCUT2D eigenvalue weighted by Gasteiger charge is -2.43. The third kappa shape index (κ3) is 2.41. The summed E-state index contributed by atoms with van der Waals surface area (Å²) in [5.41, 5.74) is 0. The zero-order chi connectivity index (χ0) is 13.5. The van der Waals surface area contributed by atoms with E-state index in [1.165, 1.54) is 6.42 Å². The SMILES string of the molecule is O=C(C1CCC1)N1CC(S(=O)(=O)C2CCCCC2)C1. The van der Waals surface area contributed by atoms with Gasteiger partial charge in [0.25, 0.3) is 0 Å². The Hall–Kier alpha value is -0.580. The molecule has 0 N–H and O–H groups in total. The Bertz CT molecular complexity index is 443. The van der Waals surface area contributed by atoms with Crippen LogP contribution in [-0.2, 0) is 14.6 Å². The molecule has 2 aliphatic carbocycles. The van der Waals surface area contributed by atoms with Crippen molar-refractivity contribution in [1.29, 1.82) is 0 Å². The molecule has 1 aliphatic heterocycles. The number of nitrogens with zero attached hydrogens (tertiary/aromatic N) is 1. The maximum absolute atomic E-state index is 12.5. The van der Waals surface area contributed by atoms with Crippen LogP contribution in [0.25, 0.3) is 0 Å². The molecule has 0 bridgehead atoms. The Morgan fingerprint density at radius 3 is 2.00 bits per heavy atom. The van der Waals surface area contributed by atoms with Gasteiger partial charge in [0.2, 0.25) is 5.91 Å². The van der Waals surface area contributed by atoms with Crippen molar-refractivity contribution in [2.24, 2.45) is 5.92 Å². The number of rotatable bonds is 3. The van der Waals surface area contributed by atoms with E-state index in [1.807, 2.05) is 0 Å². The fourth-order valence-electron chi connectivity index (χ4n) is 3.41. The van der Waals surface area contributed by atoms with Gasteiger partial charge in [0, 0.05) is 19.0 Å². The summed E-state index contributed by atoms with van der Waals surface area (Å²) in [6, 6.07) is 0. The molecule has 0 aromatic carbocycles. The number of likely N-dealkylation sites (tertiary alicyclic amines) is 1. The zero-order valence-corrected chi connectivity index (χ0v) is 12.2. The van der Waals surface area contributed by atoms with Crippen molar-refractivity contribution in [3.05, 3.63) is 0 Å². The van der Waals surface area contributed by atoms with Gasteiger partial charge in [-0.2, -0.15) is 0 Å². The quantitative estimate of drug-likeness (QED) is 0.794. The first-order valence-electron chi connectivity index (χ1n) is 7.60. The van der Waals surface area contributed by atoms with E-state index >= 15 is 0 Å². The Morgan fingerprint density at radius 2 is 1.47 bits per heavy atom. The van der Waals surface area contributed by atoms with Crippen LogP contribution < -0.4 is 0 Å². The van der Waals surface area contributed by atoms with Gasteiger partial charge in [-0.3, -0.25) is 4.79 Å². The third-order valence-corrected chi connectivity index (χ3v) is 7.72. The number of hydrogen-bond donors (Lipinski definition) is 0. The second-order valence-electron chi connectivity index (χ2n) is 6.34.